The van der Waals surface area contributed by atoms with E-state index in [4.69, 9.17) is 9.79 Å². The maximum atomic E-state index is 9.74. The Morgan fingerprint density at radius 1 is 1.56 bits per heavy atom. The molecule has 0 spiro atoms. The van der Waals surface area contributed by atoms with E-state index in [1.807, 2.05) is 0 Å². The zero-order chi connectivity index (χ0) is 6.78. The van der Waals surface area contributed by atoms with Crippen LogP contribution in [-0.2, 0) is 31.0 Å². The molecule has 0 aromatic carbocycles. The number of hydrogen-bond donors (Lipinski definition) is 2. The predicted molar refractivity (Wildman–Crippen MR) is 23.8 cm³/mol. The third-order valence-electron chi connectivity index (χ3n) is 0.247. The van der Waals surface area contributed by atoms with Gasteiger partial charge in [0.05, 0.1) is 0 Å². The molecule has 7 heteroatoms. The van der Waals surface area contributed by atoms with Crippen LogP contribution in [0, 0.1) is 0 Å². The molecule has 0 heterocycles. The fourth-order valence-corrected chi connectivity index (χ4v) is 0.502. The average molecular weight is 195 g/mol. The molecule has 0 unspecified atom stereocenters. The maximum absolute atomic E-state index is 9.74. The van der Waals surface area contributed by atoms with Crippen molar-refractivity contribution in [1.29, 1.82) is 0 Å². The normalized spacial score (nSPS) is 9.67. The fraction of sp³-hybridized carbons (Fsp3) is 0.500. The molecule has 5 nitrogen and oxygen atoms in total. The summed E-state index contributed by atoms with van der Waals surface area (Å²) in [5.41, 5.74) is 0. The van der Waals surface area contributed by atoms with E-state index in [9.17, 15) is 9.36 Å². The largest absolute Gasteiger partial charge is 0.526 e. The Morgan fingerprint density at radius 2 is 1.89 bits per heavy atom. The summed E-state index contributed by atoms with van der Waals surface area (Å²) in [6.07, 6.45) is 0. The van der Waals surface area contributed by atoms with Gasteiger partial charge in [0.15, 0.2) is 0 Å². The molecule has 0 aromatic rings. The average Bonchev–Trinajstić information content (AvgIpc) is 1.21. The summed E-state index contributed by atoms with van der Waals surface area (Å²) in [7, 11) is -4.57. The molecular weight excluding hydrogens is 190 g/mol. The van der Waals surface area contributed by atoms with Gasteiger partial charge in [-0.3, -0.25) is 14.6 Å². The number of carbonyl (C=O) groups is 1. The molecular formula is C2H5MnO5P. The summed E-state index contributed by atoms with van der Waals surface area (Å²) in [6, 6.07) is 0. The van der Waals surface area contributed by atoms with Gasteiger partial charge in [-0.05, 0) is 0 Å². The first-order chi connectivity index (χ1) is 3.42. The van der Waals surface area contributed by atoms with Crippen LogP contribution in [0.5, 0.6) is 0 Å². The zero-order valence-electron chi connectivity index (χ0n) is 4.44. The second-order valence-corrected chi connectivity index (χ2v) is 2.24. The van der Waals surface area contributed by atoms with E-state index in [-0.39, 0.29) is 17.1 Å². The minimum atomic E-state index is -4.57. The van der Waals surface area contributed by atoms with Crippen LogP contribution < -0.4 is 0 Å². The van der Waals surface area contributed by atoms with Gasteiger partial charge in [-0.1, -0.05) is 0 Å². The number of phosphoric acid groups is 1. The summed E-state index contributed by atoms with van der Waals surface area (Å²) in [4.78, 5) is 25.5. The van der Waals surface area contributed by atoms with Gasteiger partial charge < -0.3 is 4.52 Å². The minimum Gasteiger partial charge on any atom is -0.371 e. The topological polar surface area (TPSA) is 83.8 Å². The number of carbonyl (C=O) groups excluding carboxylic acids is 1. The molecule has 2 N–H and O–H groups in total. The van der Waals surface area contributed by atoms with Crippen LogP contribution in [0.25, 0.3) is 0 Å². The van der Waals surface area contributed by atoms with E-state index in [1.54, 1.807) is 0 Å². The van der Waals surface area contributed by atoms with Crippen LogP contribution in [0.1, 0.15) is 6.92 Å². The third-order valence-corrected chi connectivity index (χ3v) is 0.742. The molecule has 0 saturated heterocycles. The summed E-state index contributed by atoms with van der Waals surface area (Å²) in [5.74, 6) is -0.988. The molecule has 0 aromatic heterocycles. The van der Waals surface area contributed by atoms with Crippen molar-refractivity contribution in [3.8, 4) is 0 Å². The van der Waals surface area contributed by atoms with Crippen LogP contribution in [0.4, 0.5) is 0 Å². The number of hydrogen-bond acceptors (Lipinski definition) is 3. The molecule has 0 atom stereocenters. The van der Waals surface area contributed by atoms with E-state index in [2.05, 4.69) is 4.52 Å². The molecule has 0 aliphatic carbocycles. The van der Waals surface area contributed by atoms with Crippen LogP contribution in [0.3, 0.4) is 0 Å². The van der Waals surface area contributed by atoms with Gasteiger partial charge in [-0.15, -0.1) is 0 Å². The van der Waals surface area contributed by atoms with Gasteiger partial charge in [0, 0.05) is 24.0 Å². The van der Waals surface area contributed by atoms with E-state index in [1.165, 1.54) is 0 Å². The van der Waals surface area contributed by atoms with Crippen LogP contribution in [0.2, 0.25) is 0 Å². The molecule has 0 bridgehead atoms. The van der Waals surface area contributed by atoms with E-state index in [0.29, 0.717) is 0 Å². The Hall–Kier alpha value is 0.139. The van der Waals surface area contributed by atoms with Crippen LogP contribution in [-0.4, -0.2) is 15.8 Å². The molecule has 0 aliphatic heterocycles. The summed E-state index contributed by atoms with van der Waals surface area (Å²) >= 11 is 0. The van der Waals surface area contributed by atoms with Crippen molar-refractivity contribution in [2.45, 2.75) is 6.92 Å². The first kappa shape index (κ1) is 11.9. The van der Waals surface area contributed by atoms with Crippen LogP contribution >= 0.6 is 7.82 Å². The SMILES string of the molecule is CC(=O)OP(=O)(O)O.[Mn]. The second kappa shape index (κ2) is 4.04. The Kier molecular flexibility index (Phi) is 5.33. The number of phosphoric ester groups is 1. The molecule has 0 amide bonds. The van der Waals surface area contributed by atoms with Crippen LogP contribution in [0.15, 0.2) is 0 Å². The maximum Gasteiger partial charge on any atom is 0.526 e. The second-order valence-electron chi connectivity index (χ2n) is 1.07. The smallest absolute Gasteiger partial charge is 0.371 e. The van der Waals surface area contributed by atoms with Gasteiger partial charge in [0.1, 0.15) is 0 Å². The fourth-order valence-electron chi connectivity index (χ4n) is 0.167. The Morgan fingerprint density at radius 3 is 1.89 bits per heavy atom. The van der Waals surface area contributed by atoms with Gasteiger partial charge >= 0.3 is 13.8 Å². The van der Waals surface area contributed by atoms with E-state index >= 15 is 0 Å². The van der Waals surface area contributed by atoms with Gasteiger partial charge in [-0.2, -0.15) is 0 Å². The first-order valence-electron chi connectivity index (χ1n) is 1.67. The van der Waals surface area contributed by atoms with Crippen molar-refractivity contribution in [3.63, 3.8) is 0 Å². The van der Waals surface area contributed by atoms with Crippen molar-refractivity contribution >= 4 is 13.8 Å². The van der Waals surface area contributed by atoms with Gasteiger partial charge in [0.25, 0.3) is 0 Å². The van der Waals surface area contributed by atoms with Crippen molar-refractivity contribution in [2.24, 2.45) is 0 Å². The monoisotopic (exact) mass is 195 g/mol. The Balaban J connectivity index is 0. The summed E-state index contributed by atoms with van der Waals surface area (Å²) in [5, 5.41) is 0. The molecule has 55 valence electrons. The van der Waals surface area contributed by atoms with Crippen molar-refractivity contribution in [2.75, 3.05) is 0 Å². The Bertz CT molecular complexity index is 138. The van der Waals surface area contributed by atoms with Gasteiger partial charge in [0.2, 0.25) is 0 Å². The molecule has 0 fully saturated rings. The molecule has 9 heavy (non-hydrogen) atoms. The number of rotatable bonds is 1. The molecule has 0 aliphatic rings. The Labute approximate surface area is 62.1 Å². The summed E-state index contributed by atoms with van der Waals surface area (Å²) in [6.45, 7) is 0.916. The van der Waals surface area contributed by atoms with Crippen molar-refractivity contribution < 1.29 is 40.7 Å². The zero-order valence-corrected chi connectivity index (χ0v) is 6.52. The van der Waals surface area contributed by atoms with Crippen molar-refractivity contribution in [1.82, 2.24) is 0 Å². The minimum absolute atomic E-state index is 0. The molecule has 1 radical (unpaired) electrons. The van der Waals surface area contributed by atoms with E-state index < -0.39 is 13.8 Å². The standard InChI is InChI=1S/C2H5O5P.Mn/c1-2(3)7-8(4,5)6;/h1H3,(H2,4,5,6);. The van der Waals surface area contributed by atoms with Gasteiger partial charge in [-0.25, -0.2) is 4.57 Å². The third kappa shape index (κ3) is 11.6. The van der Waals surface area contributed by atoms with E-state index in [0.717, 1.165) is 6.92 Å². The predicted octanol–water partition coefficient (Wildman–Crippen LogP) is -0.360. The molecule has 0 rings (SSSR count). The quantitative estimate of drug-likeness (QED) is 0.440. The molecule has 0 saturated carbocycles. The summed E-state index contributed by atoms with van der Waals surface area (Å²) < 4.78 is 13.2. The van der Waals surface area contributed by atoms with Crippen molar-refractivity contribution in [3.05, 3.63) is 0 Å². The first-order valence-corrected chi connectivity index (χ1v) is 3.20.